The Labute approximate surface area is 632 Å². The van der Waals surface area contributed by atoms with E-state index in [0.29, 0.717) is 78.0 Å². The van der Waals surface area contributed by atoms with Crippen molar-refractivity contribution in [3.8, 4) is 0 Å². The smallest absolute Gasteiger partial charge is 0.305 e. The van der Waals surface area contributed by atoms with E-state index >= 15 is 0 Å². The molecule has 4 atom stereocenters. The van der Waals surface area contributed by atoms with Gasteiger partial charge in [0.05, 0.1) is 38.6 Å². The molecule has 13 heteroatoms. The molecule has 13 nitrogen and oxygen atoms in total. The molecule has 0 aromatic carbocycles. The Morgan fingerprint density at radius 2 is 0.451 bits per heavy atom. The van der Waals surface area contributed by atoms with Crippen LogP contribution in [-0.2, 0) is 38.1 Å². The quantitative estimate of drug-likeness (QED) is 0.0258. The summed E-state index contributed by atoms with van der Waals surface area (Å²) in [5.74, 6) is -0.171. The van der Waals surface area contributed by atoms with Gasteiger partial charge in [-0.2, -0.15) is 0 Å². The molecule has 4 unspecified atom stereocenters. The molecule has 4 N–H and O–H groups in total. The van der Waals surface area contributed by atoms with Crippen molar-refractivity contribution < 1.29 is 48.3 Å². The van der Waals surface area contributed by atoms with Crippen molar-refractivity contribution in [2.24, 2.45) is 11.8 Å². The Hall–Kier alpha value is -2.32. The maximum absolute atomic E-state index is 12.6. The standard InChI is InChI=1S/C89H175N3O10/c1-6-10-14-18-22-26-30-34-38-42-46-54-68-86(95)99-76-60-50-52-66-84(93)82(64-58-62-78-101-88(97)70-56-48-44-40-36-32-28-24-20-16-12-8-3)80-90-72-74-92(5)75-73-91-81-83(65-59-63-79-102-89(98)71-57-49-45-41-37-33-29-25-21-17-13-9-4)85(94)67-53-51-61-77-100-87(96)69-55-47-43-39-35-31-27-23-19-15-11-7-2/h82-85,90-91,93-94H,6-81H2,1-5H3. The van der Waals surface area contributed by atoms with Crippen molar-refractivity contribution in [1.82, 2.24) is 15.5 Å². The number of ether oxygens (including phenoxy) is 4. The van der Waals surface area contributed by atoms with Gasteiger partial charge in [0.1, 0.15) is 0 Å². The van der Waals surface area contributed by atoms with E-state index in [9.17, 15) is 29.4 Å². The maximum Gasteiger partial charge on any atom is 0.305 e. The van der Waals surface area contributed by atoms with E-state index in [1.807, 2.05) is 0 Å². The van der Waals surface area contributed by atoms with Gasteiger partial charge in [-0.15, -0.1) is 0 Å². The van der Waals surface area contributed by atoms with Crippen molar-refractivity contribution in [2.75, 3.05) is 72.7 Å². The van der Waals surface area contributed by atoms with Gasteiger partial charge in [0, 0.05) is 65.0 Å². The van der Waals surface area contributed by atoms with E-state index in [1.54, 1.807) is 0 Å². The van der Waals surface area contributed by atoms with Crippen molar-refractivity contribution in [1.29, 1.82) is 0 Å². The average Bonchev–Trinajstić information content (AvgIpc) is 1.03. The monoisotopic (exact) mass is 1450 g/mol. The second-order valence-corrected chi connectivity index (χ2v) is 31.5. The van der Waals surface area contributed by atoms with Gasteiger partial charge in [-0.1, -0.05) is 323 Å². The summed E-state index contributed by atoms with van der Waals surface area (Å²) in [6.07, 6.45) is 73.9. The number of hydrogen-bond acceptors (Lipinski definition) is 13. The van der Waals surface area contributed by atoms with Crippen molar-refractivity contribution in [3.05, 3.63) is 0 Å². The van der Waals surface area contributed by atoms with Crippen LogP contribution in [-0.4, -0.2) is 124 Å². The number of aliphatic hydroxyl groups is 2. The van der Waals surface area contributed by atoms with Gasteiger partial charge in [0.25, 0.3) is 0 Å². The highest BCUT2D eigenvalue weighted by molar-refractivity contribution is 5.70. The topological polar surface area (TPSA) is 173 Å². The molecule has 0 bridgehead atoms. The molecule has 0 amide bonds. The molecule has 0 fully saturated rings. The number of rotatable bonds is 86. The Bertz CT molecular complexity index is 1600. The molecular weight excluding hydrogens is 1270 g/mol. The zero-order valence-electron chi connectivity index (χ0n) is 68.7. The lowest BCUT2D eigenvalue weighted by molar-refractivity contribution is -0.144. The Balaban J connectivity index is 5.10. The van der Waals surface area contributed by atoms with Crippen LogP contribution in [0.2, 0.25) is 0 Å². The lowest BCUT2D eigenvalue weighted by Crippen LogP contribution is -2.39. The highest BCUT2D eigenvalue weighted by atomic mass is 16.5. The molecule has 0 spiro atoms. The predicted octanol–water partition coefficient (Wildman–Crippen LogP) is 24.1. The fraction of sp³-hybridized carbons (Fsp3) is 0.955. The Kier molecular flexibility index (Phi) is 80.9. The van der Waals surface area contributed by atoms with Crippen LogP contribution >= 0.6 is 0 Å². The molecule has 0 aromatic rings. The first-order valence-corrected chi connectivity index (χ1v) is 45.2. The third-order valence-electron chi connectivity index (χ3n) is 21.5. The second-order valence-electron chi connectivity index (χ2n) is 31.5. The van der Waals surface area contributed by atoms with E-state index in [4.69, 9.17) is 18.9 Å². The molecule has 0 aliphatic heterocycles. The molecular formula is C89H175N3O10. The summed E-state index contributed by atoms with van der Waals surface area (Å²) in [4.78, 5) is 52.5. The summed E-state index contributed by atoms with van der Waals surface area (Å²) < 4.78 is 22.6. The number of nitrogens with one attached hydrogen (secondary N) is 2. The van der Waals surface area contributed by atoms with Crippen LogP contribution in [0.1, 0.15) is 451 Å². The average molecular weight is 1450 g/mol. The normalized spacial score (nSPS) is 12.9. The summed E-state index contributed by atoms with van der Waals surface area (Å²) >= 11 is 0. The minimum atomic E-state index is -0.447. The Morgan fingerprint density at radius 1 is 0.265 bits per heavy atom. The third kappa shape index (κ3) is 75.9. The highest BCUT2D eigenvalue weighted by Gasteiger charge is 2.21. The van der Waals surface area contributed by atoms with Crippen LogP contribution in [0.15, 0.2) is 0 Å². The largest absolute Gasteiger partial charge is 0.466 e. The van der Waals surface area contributed by atoms with E-state index in [2.05, 4.69) is 50.3 Å². The molecule has 102 heavy (non-hydrogen) atoms. The van der Waals surface area contributed by atoms with Crippen molar-refractivity contribution in [3.63, 3.8) is 0 Å². The first-order valence-electron chi connectivity index (χ1n) is 45.2. The van der Waals surface area contributed by atoms with E-state index in [1.165, 1.54) is 257 Å². The first kappa shape index (κ1) is 99.7. The molecule has 0 saturated heterocycles. The van der Waals surface area contributed by atoms with E-state index in [-0.39, 0.29) is 35.7 Å². The highest BCUT2D eigenvalue weighted by Crippen LogP contribution is 2.23. The van der Waals surface area contributed by atoms with Gasteiger partial charge < -0.3 is 44.7 Å². The SMILES string of the molecule is CCCCCCCCCCCCCCC(=O)OCCCCCC(O)C(CCCCOC(=O)CCCCCCCCCCCCCC)CNCCN(C)CCNCC(CCCCOC(=O)CCCCCCCCCCCCCC)C(O)CCCCCOC(=O)CCCCCCCCCCCCCC. The van der Waals surface area contributed by atoms with Crippen LogP contribution in [0.25, 0.3) is 0 Å². The zero-order valence-corrected chi connectivity index (χ0v) is 68.7. The summed E-state index contributed by atoms with van der Waals surface area (Å²) in [6.45, 7) is 15.6. The molecule has 0 aromatic heterocycles. The van der Waals surface area contributed by atoms with Crippen molar-refractivity contribution >= 4 is 23.9 Å². The number of esters is 4. The van der Waals surface area contributed by atoms with Gasteiger partial charge >= 0.3 is 23.9 Å². The van der Waals surface area contributed by atoms with Crippen molar-refractivity contribution in [2.45, 2.75) is 464 Å². The number of carbonyl (C=O) groups is 4. The molecule has 0 rings (SSSR count). The molecule has 0 aliphatic rings. The number of unbranched alkanes of at least 4 members (excludes halogenated alkanes) is 50. The summed E-state index contributed by atoms with van der Waals surface area (Å²) in [6, 6.07) is 0. The number of likely N-dealkylation sites (N-methyl/N-ethyl adjacent to an activating group) is 1. The molecule has 0 radical (unpaired) electrons. The van der Waals surface area contributed by atoms with Gasteiger partial charge in [-0.05, 0) is 122 Å². The maximum atomic E-state index is 12.6. The number of carbonyl (C=O) groups excluding carboxylic acids is 4. The zero-order chi connectivity index (χ0) is 74.2. The van der Waals surface area contributed by atoms with Crippen LogP contribution < -0.4 is 10.6 Å². The van der Waals surface area contributed by atoms with Gasteiger partial charge in [-0.3, -0.25) is 19.2 Å². The molecule has 606 valence electrons. The minimum Gasteiger partial charge on any atom is -0.466 e. The fourth-order valence-electron chi connectivity index (χ4n) is 14.3. The number of aliphatic hydroxyl groups excluding tert-OH is 2. The van der Waals surface area contributed by atoms with E-state index in [0.717, 1.165) is 155 Å². The first-order chi connectivity index (χ1) is 50.1. The summed E-state index contributed by atoms with van der Waals surface area (Å²) in [5, 5.41) is 30.5. The van der Waals surface area contributed by atoms with Crippen LogP contribution in [0.3, 0.4) is 0 Å². The number of nitrogens with zero attached hydrogens (tertiary/aromatic N) is 1. The minimum absolute atomic E-state index is 0.0806. The fourth-order valence-corrected chi connectivity index (χ4v) is 14.3. The van der Waals surface area contributed by atoms with Gasteiger partial charge in [0.2, 0.25) is 0 Å². The lowest BCUT2D eigenvalue weighted by Gasteiger charge is -2.25. The second kappa shape index (κ2) is 82.7. The Morgan fingerprint density at radius 3 is 0.676 bits per heavy atom. The van der Waals surface area contributed by atoms with Gasteiger partial charge in [0.15, 0.2) is 0 Å². The number of hydrogen-bond donors (Lipinski definition) is 4. The molecule has 0 saturated carbocycles. The van der Waals surface area contributed by atoms with E-state index < -0.39 is 12.2 Å². The third-order valence-corrected chi connectivity index (χ3v) is 21.5. The molecule has 0 heterocycles. The van der Waals surface area contributed by atoms with Crippen LogP contribution in [0.5, 0.6) is 0 Å². The lowest BCUT2D eigenvalue weighted by atomic mass is 9.92. The van der Waals surface area contributed by atoms with Crippen LogP contribution in [0, 0.1) is 11.8 Å². The molecule has 0 aliphatic carbocycles. The predicted molar refractivity (Wildman–Crippen MR) is 433 cm³/mol. The van der Waals surface area contributed by atoms with Gasteiger partial charge in [-0.25, -0.2) is 0 Å². The summed E-state index contributed by atoms with van der Waals surface area (Å²) in [5.41, 5.74) is 0. The van der Waals surface area contributed by atoms with Crippen LogP contribution in [0.4, 0.5) is 0 Å². The summed E-state index contributed by atoms with van der Waals surface area (Å²) in [7, 11) is 2.15.